The molecular formula is C23H32O6S. The summed E-state index contributed by atoms with van der Waals surface area (Å²) in [6, 6.07) is 7.05. The molecule has 0 aliphatic heterocycles. The fraction of sp³-hybridized carbons (Fsp3) is 0.609. The maximum atomic E-state index is 11.0. The molecule has 3 unspecified atom stereocenters. The molecule has 6 nitrogen and oxygen atoms in total. The Bertz CT molecular complexity index is 812. The van der Waals surface area contributed by atoms with Crippen LogP contribution in [-0.4, -0.2) is 38.6 Å². The number of aryl methyl sites for hydroxylation is 1. The summed E-state index contributed by atoms with van der Waals surface area (Å²) in [5, 5.41) is 40.4. The van der Waals surface area contributed by atoms with Gasteiger partial charge in [0.25, 0.3) is 0 Å². The van der Waals surface area contributed by atoms with E-state index < -0.39 is 24.3 Å². The lowest BCUT2D eigenvalue weighted by Crippen LogP contribution is -2.20. The van der Waals surface area contributed by atoms with Crippen LogP contribution in [0.2, 0.25) is 0 Å². The maximum absolute atomic E-state index is 11.0. The summed E-state index contributed by atoms with van der Waals surface area (Å²) < 4.78 is 5.92. The molecule has 2 aromatic rings. The summed E-state index contributed by atoms with van der Waals surface area (Å²) >= 11 is 1.28. The summed E-state index contributed by atoms with van der Waals surface area (Å²) in [7, 11) is 0. The summed E-state index contributed by atoms with van der Waals surface area (Å²) in [6.45, 7) is 2.12. The smallest absolute Gasteiger partial charge is 0.345 e. The number of aliphatic hydroxyl groups excluding tert-OH is 3. The molecule has 30 heavy (non-hydrogen) atoms. The zero-order chi connectivity index (χ0) is 21.7. The molecule has 3 rings (SSSR count). The van der Waals surface area contributed by atoms with Crippen molar-refractivity contribution in [1.29, 1.82) is 0 Å². The van der Waals surface area contributed by atoms with E-state index in [-0.39, 0.29) is 11.8 Å². The fourth-order valence-corrected chi connectivity index (χ4v) is 5.35. The van der Waals surface area contributed by atoms with E-state index in [0.717, 1.165) is 37.0 Å². The summed E-state index contributed by atoms with van der Waals surface area (Å²) in [5.41, 5.74) is 0. The Hall–Kier alpha value is -1.67. The van der Waals surface area contributed by atoms with Crippen LogP contribution >= 0.6 is 11.3 Å². The van der Waals surface area contributed by atoms with Gasteiger partial charge in [-0.05, 0) is 55.9 Å². The Morgan fingerprint density at radius 1 is 1.17 bits per heavy atom. The second-order valence-corrected chi connectivity index (χ2v) is 9.44. The van der Waals surface area contributed by atoms with Crippen LogP contribution in [0.5, 0.6) is 0 Å². The number of hydrogen-bond acceptors (Lipinski definition) is 6. The van der Waals surface area contributed by atoms with E-state index in [2.05, 4.69) is 6.92 Å². The highest BCUT2D eigenvalue weighted by atomic mass is 32.1. The van der Waals surface area contributed by atoms with Gasteiger partial charge in [-0.2, -0.15) is 0 Å². The van der Waals surface area contributed by atoms with E-state index in [0.29, 0.717) is 35.7 Å². The number of aromatic carboxylic acids is 1. The van der Waals surface area contributed by atoms with Crippen molar-refractivity contribution in [3.05, 3.63) is 45.5 Å². The van der Waals surface area contributed by atoms with Gasteiger partial charge in [-0.3, -0.25) is 0 Å². The second-order valence-electron chi connectivity index (χ2n) is 8.28. The van der Waals surface area contributed by atoms with E-state index in [1.165, 1.54) is 11.3 Å². The maximum Gasteiger partial charge on any atom is 0.345 e. The van der Waals surface area contributed by atoms with E-state index >= 15 is 0 Å². The lowest BCUT2D eigenvalue weighted by atomic mass is 9.87. The molecule has 0 radical (unpaired) electrons. The minimum absolute atomic E-state index is 0.129. The van der Waals surface area contributed by atoms with Crippen molar-refractivity contribution >= 4 is 17.3 Å². The Morgan fingerprint density at radius 2 is 1.97 bits per heavy atom. The van der Waals surface area contributed by atoms with E-state index in [1.807, 2.05) is 12.1 Å². The van der Waals surface area contributed by atoms with Crippen LogP contribution in [0.15, 0.2) is 28.7 Å². The van der Waals surface area contributed by atoms with Crippen molar-refractivity contribution in [1.82, 2.24) is 0 Å². The molecular weight excluding hydrogens is 404 g/mol. The van der Waals surface area contributed by atoms with Crippen LogP contribution in [0.3, 0.4) is 0 Å². The molecule has 1 aliphatic carbocycles. The van der Waals surface area contributed by atoms with E-state index in [4.69, 9.17) is 9.52 Å². The molecule has 0 amide bonds. The first-order valence-electron chi connectivity index (χ1n) is 10.9. The molecule has 0 aromatic carbocycles. The second kappa shape index (κ2) is 10.6. The minimum atomic E-state index is -0.911. The lowest BCUT2D eigenvalue weighted by molar-refractivity contribution is 0.0702. The average Bonchev–Trinajstić information content (AvgIpc) is 3.42. The number of unbranched alkanes of at least 4 members (excludes halogenated alkanes) is 2. The summed E-state index contributed by atoms with van der Waals surface area (Å²) in [6.07, 6.45) is 4.37. The van der Waals surface area contributed by atoms with Crippen molar-refractivity contribution in [2.24, 2.45) is 5.92 Å². The number of carbonyl (C=O) groups is 1. The van der Waals surface area contributed by atoms with E-state index in [1.54, 1.807) is 12.1 Å². The molecule has 0 bridgehead atoms. The largest absolute Gasteiger partial charge is 0.477 e. The third-order valence-electron chi connectivity index (χ3n) is 6.07. The van der Waals surface area contributed by atoms with Gasteiger partial charge in [-0.1, -0.05) is 26.2 Å². The summed E-state index contributed by atoms with van der Waals surface area (Å²) in [4.78, 5) is 12.4. The number of furan rings is 1. The lowest BCUT2D eigenvalue weighted by Gasteiger charge is -2.22. The first-order valence-corrected chi connectivity index (χ1v) is 11.7. The molecule has 7 heteroatoms. The molecule has 2 heterocycles. The zero-order valence-electron chi connectivity index (χ0n) is 17.4. The molecule has 2 aromatic heterocycles. The molecule has 5 atom stereocenters. The van der Waals surface area contributed by atoms with Crippen LogP contribution in [0, 0.1) is 5.92 Å². The molecule has 1 fully saturated rings. The number of rotatable bonds is 11. The fourth-order valence-electron chi connectivity index (χ4n) is 4.46. The van der Waals surface area contributed by atoms with Crippen LogP contribution < -0.4 is 0 Å². The van der Waals surface area contributed by atoms with E-state index in [9.17, 15) is 20.1 Å². The van der Waals surface area contributed by atoms with Crippen molar-refractivity contribution in [3.8, 4) is 0 Å². The van der Waals surface area contributed by atoms with Crippen molar-refractivity contribution in [2.45, 2.75) is 82.5 Å². The first-order chi connectivity index (χ1) is 14.4. The van der Waals surface area contributed by atoms with Gasteiger partial charge in [0, 0.05) is 17.2 Å². The molecule has 1 aliphatic rings. The molecule has 0 saturated heterocycles. The Kier molecular flexibility index (Phi) is 8.11. The van der Waals surface area contributed by atoms with Crippen LogP contribution in [0.1, 0.15) is 90.0 Å². The first kappa shape index (κ1) is 23.0. The standard InChI is InChI=1S/C23H32O6S/c1-2-3-4-8-16(24)19-10-11-20(29-19)22-15(17(25)13-18(22)26)7-5-6-14-9-12-21(30-14)23(27)28/h9-12,15-18,22,24-26H,2-8,13H2,1H3,(H,27,28)/t15?,16?,17-,18-,22?/m1/s1. The summed E-state index contributed by atoms with van der Waals surface area (Å²) in [5.74, 6) is -0.193. The number of carboxylic acid groups (broad SMARTS) is 1. The number of thiophene rings is 1. The predicted molar refractivity (Wildman–Crippen MR) is 115 cm³/mol. The predicted octanol–water partition coefficient (Wildman–Crippen LogP) is 4.50. The third kappa shape index (κ3) is 5.52. The zero-order valence-corrected chi connectivity index (χ0v) is 18.2. The Morgan fingerprint density at radius 3 is 2.67 bits per heavy atom. The highest BCUT2D eigenvalue weighted by Gasteiger charge is 2.43. The van der Waals surface area contributed by atoms with Crippen molar-refractivity contribution < 1.29 is 29.6 Å². The highest BCUT2D eigenvalue weighted by Crippen LogP contribution is 2.44. The monoisotopic (exact) mass is 436 g/mol. The molecule has 0 spiro atoms. The topological polar surface area (TPSA) is 111 Å². The van der Waals surface area contributed by atoms with Gasteiger partial charge in [-0.15, -0.1) is 11.3 Å². The van der Waals surface area contributed by atoms with Crippen molar-refractivity contribution in [2.75, 3.05) is 0 Å². The van der Waals surface area contributed by atoms with Gasteiger partial charge in [0.15, 0.2) is 0 Å². The molecule has 4 N–H and O–H groups in total. The Labute approximate surface area is 181 Å². The quantitative estimate of drug-likeness (QED) is 0.386. The van der Waals surface area contributed by atoms with Gasteiger partial charge in [0.2, 0.25) is 0 Å². The van der Waals surface area contributed by atoms with Gasteiger partial charge >= 0.3 is 5.97 Å². The number of hydrogen-bond donors (Lipinski definition) is 4. The normalized spacial score (nSPS) is 24.9. The Balaban J connectivity index is 1.61. The SMILES string of the molecule is CCCCCC(O)c1ccc(C2C(CCCc3ccc(C(=O)O)s3)[C@H](O)C[C@H]2O)o1. The van der Waals surface area contributed by atoms with Gasteiger partial charge in [-0.25, -0.2) is 4.79 Å². The minimum Gasteiger partial charge on any atom is -0.477 e. The van der Waals surface area contributed by atoms with Gasteiger partial charge in [0.05, 0.1) is 12.2 Å². The van der Waals surface area contributed by atoms with Crippen LogP contribution in [0.4, 0.5) is 0 Å². The van der Waals surface area contributed by atoms with Crippen molar-refractivity contribution in [3.63, 3.8) is 0 Å². The molecule has 166 valence electrons. The van der Waals surface area contributed by atoms with Crippen LogP contribution in [0.25, 0.3) is 0 Å². The third-order valence-corrected chi connectivity index (χ3v) is 7.20. The highest BCUT2D eigenvalue weighted by molar-refractivity contribution is 7.13. The number of carboxylic acids is 1. The van der Waals surface area contributed by atoms with Crippen LogP contribution in [-0.2, 0) is 6.42 Å². The average molecular weight is 437 g/mol. The van der Waals surface area contributed by atoms with Gasteiger partial charge in [0.1, 0.15) is 22.5 Å². The number of aliphatic hydroxyl groups is 3. The molecule has 1 saturated carbocycles. The van der Waals surface area contributed by atoms with Gasteiger partial charge < -0.3 is 24.8 Å².